The summed E-state index contributed by atoms with van der Waals surface area (Å²) in [5.74, 6) is -0.193. The first-order valence-electron chi connectivity index (χ1n) is 29.4. The number of carbonyl (C=O) groups is 1. The summed E-state index contributed by atoms with van der Waals surface area (Å²) in [7, 11) is 0. The van der Waals surface area contributed by atoms with Crippen LogP contribution in [0.2, 0.25) is 0 Å². The monoisotopic (exact) mass is 974 g/mol. The lowest BCUT2D eigenvalue weighted by Crippen LogP contribution is -2.60. The molecule has 9 nitrogen and oxygen atoms in total. The maximum atomic E-state index is 13.1. The second-order valence-corrected chi connectivity index (χ2v) is 20.4. The van der Waals surface area contributed by atoms with Crippen molar-refractivity contribution in [2.75, 3.05) is 13.2 Å². The molecule has 0 radical (unpaired) electrons. The van der Waals surface area contributed by atoms with Crippen molar-refractivity contribution in [1.29, 1.82) is 0 Å². The molecule has 0 aliphatic carbocycles. The zero-order valence-electron chi connectivity index (χ0n) is 44.8. The van der Waals surface area contributed by atoms with Gasteiger partial charge in [-0.3, -0.25) is 4.79 Å². The largest absolute Gasteiger partial charge is 0.394 e. The molecule has 0 saturated carbocycles. The molecule has 0 spiro atoms. The number of amides is 1. The fourth-order valence-corrected chi connectivity index (χ4v) is 9.18. The number of unbranched alkanes of at least 4 members (excludes halogenated alkanes) is 34. The number of hydrogen-bond acceptors (Lipinski definition) is 8. The van der Waals surface area contributed by atoms with E-state index < -0.39 is 49.5 Å². The smallest absolute Gasteiger partial charge is 0.220 e. The van der Waals surface area contributed by atoms with E-state index in [9.17, 15) is 30.3 Å². The van der Waals surface area contributed by atoms with Gasteiger partial charge in [0.25, 0.3) is 0 Å². The number of allylic oxidation sites excluding steroid dienone is 7. The Kier molecular flexibility index (Phi) is 47.0. The zero-order chi connectivity index (χ0) is 50.1. The lowest BCUT2D eigenvalue weighted by molar-refractivity contribution is -0.302. The Balaban J connectivity index is 2.27. The van der Waals surface area contributed by atoms with Gasteiger partial charge >= 0.3 is 0 Å². The van der Waals surface area contributed by atoms with Crippen LogP contribution in [0.5, 0.6) is 0 Å². The molecule has 1 saturated heterocycles. The van der Waals surface area contributed by atoms with Gasteiger partial charge in [0.15, 0.2) is 6.29 Å². The molecule has 1 fully saturated rings. The number of aliphatic hydroxyl groups is 5. The number of hydrogen-bond donors (Lipinski definition) is 6. The fraction of sp³-hybridized carbons (Fsp3) is 0.850. The average Bonchev–Trinajstić information content (AvgIpc) is 3.35. The first-order valence-corrected chi connectivity index (χ1v) is 29.4. The molecule has 0 aromatic carbocycles. The normalized spacial score (nSPS) is 19.8. The van der Waals surface area contributed by atoms with Gasteiger partial charge < -0.3 is 40.3 Å². The van der Waals surface area contributed by atoms with Crippen molar-refractivity contribution in [2.24, 2.45) is 0 Å². The summed E-state index contributed by atoms with van der Waals surface area (Å²) in [6.07, 6.45) is 58.9. The maximum Gasteiger partial charge on any atom is 0.220 e. The van der Waals surface area contributed by atoms with Gasteiger partial charge in [-0.05, 0) is 70.6 Å². The van der Waals surface area contributed by atoms with E-state index in [1.165, 1.54) is 193 Å². The van der Waals surface area contributed by atoms with Crippen LogP contribution in [0.4, 0.5) is 0 Å². The Bertz CT molecular complexity index is 1220. The van der Waals surface area contributed by atoms with Crippen LogP contribution in [0.1, 0.15) is 271 Å². The van der Waals surface area contributed by atoms with Crippen molar-refractivity contribution in [3.63, 3.8) is 0 Å². The van der Waals surface area contributed by atoms with Crippen LogP contribution in [-0.4, -0.2) is 87.5 Å². The Morgan fingerprint density at radius 3 is 1.22 bits per heavy atom. The van der Waals surface area contributed by atoms with Gasteiger partial charge in [0.1, 0.15) is 24.4 Å². The summed E-state index contributed by atoms with van der Waals surface area (Å²) in [5.41, 5.74) is 0. The van der Waals surface area contributed by atoms with Crippen molar-refractivity contribution >= 4 is 5.91 Å². The molecular weight excluding hydrogens is 863 g/mol. The van der Waals surface area contributed by atoms with E-state index in [1.807, 2.05) is 6.08 Å². The summed E-state index contributed by atoms with van der Waals surface area (Å²) in [6.45, 7) is 3.78. The van der Waals surface area contributed by atoms with E-state index in [-0.39, 0.29) is 12.5 Å². The molecule has 1 aliphatic heterocycles. The Morgan fingerprint density at radius 1 is 0.478 bits per heavy atom. The fourth-order valence-electron chi connectivity index (χ4n) is 9.18. The topological polar surface area (TPSA) is 149 Å². The second-order valence-electron chi connectivity index (χ2n) is 20.4. The highest BCUT2D eigenvalue weighted by atomic mass is 16.7. The van der Waals surface area contributed by atoms with Gasteiger partial charge in [-0.25, -0.2) is 0 Å². The molecule has 6 N–H and O–H groups in total. The Labute approximate surface area is 424 Å². The van der Waals surface area contributed by atoms with E-state index in [4.69, 9.17) is 9.47 Å². The highest BCUT2D eigenvalue weighted by Gasteiger charge is 2.44. The number of aliphatic hydroxyl groups excluding tert-OH is 5. The highest BCUT2D eigenvalue weighted by molar-refractivity contribution is 5.76. The van der Waals surface area contributed by atoms with Crippen molar-refractivity contribution in [2.45, 2.75) is 314 Å². The minimum absolute atomic E-state index is 0.193. The summed E-state index contributed by atoms with van der Waals surface area (Å²) in [4.78, 5) is 13.1. The molecule has 7 atom stereocenters. The van der Waals surface area contributed by atoms with Crippen molar-refractivity contribution in [3.05, 3.63) is 48.6 Å². The molecule has 9 heteroatoms. The third kappa shape index (κ3) is 39.4. The molecule has 0 aromatic rings. The lowest BCUT2D eigenvalue weighted by atomic mass is 9.99. The number of rotatable bonds is 50. The van der Waals surface area contributed by atoms with Gasteiger partial charge in [0.2, 0.25) is 5.91 Å². The number of ether oxygens (including phenoxy) is 2. The summed E-state index contributed by atoms with van der Waals surface area (Å²) in [5, 5.41) is 54.5. The quantitative estimate of drug-likeness (QED) is 0.0261. The molecule has 69 heavy (non-hydrogen) atoms. The van der Waals surface area contributed by atoms with Crippen LogP contribution in [0.3, 0.4) is 0 Å². The SMILES string of the molecule is CCCCCCCCCCCCC/C=C\CCCCCCCCCC(=O)NC(COC1OC(CO)C(O)C(O)C1O)C(O)/C=C/CC/C=C/CC/C=C/CCCCCCCCCCCCCCCC. The molecule has 7 unspecified atom stereocenters. The summed E-state index contributed by atoms with van der Waals surface area (Å²) < 4.78 is 11.3. The van der Waals surface area contributed by atoms with Gasteiger partial charge in [0, 0.05) is 6.42 Å². The molecule has 0 bridgehead atoms. The second kappa shape index (κ2) is 49.7. The number of carbonyl (C=O) groups excluding carboxylic acids is 1. The van der Waals surface area contributed by atoms with Crippen molar-refractivity contribution in [3.8, 4) is 0 Å². The first-order chi connectivity index (χ1) is 33.8. The Morgan fingerprint density at radius 2 is 0.826 bits per heavy atom. The van der Waals surface area contributed by atoms with Crippen LogP contribution >= 0.6 is 0 Å². The molecule has 1 rings (SSSR count). The third-order valence-corrected chi connectivity index (χ3v) is 13.9. The standard InChI is InChI=1S/C60H111NO8/c1-3-5-7-9-11-13-15-17-19-21-23-25-27-28-29-31-33-35-37-39-41-43-45-47-49-54(63)53(52-68-60-59(67)58(66)57(65)55(51-62)69-60)61-56(64)50-48-46-44-42-40-38-36-34-32-30-26-24-22-20-18-16-14-12-10-8-6-4-2/h30-33,39,41,47,49,53-55,57-60,62-63,65-67H,3-29,34-38,40,42-46,48,50-52H2,1-2H3,(H,61,64)/b32-30-,33-31+,41-39+,49-47+. The molecular formula is C60H111NO8. The summed E-state index contributed by atoms with van der Waals surface area (Å²) in [6, 6.07) is -0.832. The van der Waals surface area contributed by atoms with Crippen LogP contribution in [0.25, 0.3) is 0 Å². The van der Waals surface area contributed by atoms with Crippen molar-refractivity contribution < 1.29 is 39.8 Å². The maximum absolute atomic E-state index is 13.1. The van der Waals surface area contributed by atoms with Gasteiger partial charge in [-0.15, -0.1) is 0 Å². The van der Waals surface area contributed by atoms with E-state index in [0.29, 0.717) is 6.42 Å². The van der Waals surface area contributed by atoms with Crippen LogP contribution in [-0.2, 0) is 14.3 Å². The van der Waals surface area contributed by atoms with Crippen LogP contribution in [0, 0.1) is 0 Å². The number of nitrogens with one attached hydrogen (secondary N) is 1. The van der Waals surface area contributed by atoms with Gasteiger partial charge in [0.05, 0.1) is 25.4 Å². The molecule has 1 aliphatic rings. The summed E-state index contributed by atoms with van der Waals surface area (Å²) >= 11 is 0. The van der Waals surface area contributed by atoms with Gasteiger partial charge in [-0.1, -0.05) is 242 Å². The molecule has 1 heterocycles. The van der Waals surface area contributed by atoms with Crippen LogP contribution in [0.15, 0.2) is 48.6 Å². The van der Waals surface area contributed by atoms with Crippen molar-refractivity contribution in [1.82, 2.24) is 5.32 Å². The van der Waals surface area contributed by atoms with Gasteiger partial charge in [-0.2, -0.15) is 0 Å². The minimum Gasteiger partial charge on any atom is -0.394 e. The zero-order valence-corrected chi connectivity index (χ0v) is 44.8. The third-order valence-electron chi connectivity index (χ3n) is 13.9. The molecule has 0 aromatic heterocycles. The first kappa shape index (κ1) is 65.2. The van der Waals surface area contributed by atoms with E-state index in [0.717, 1.165) is 57.8 Å². The van der Waals surface area contributed by atoms with Crippen LogP contribution < -0.4 is 5.32 Å². The minimum atomic E-state index is -1.58. The van der Waals surface area contributed by atoms with E-state index >= 15 is 0 Å². The Hall–Kier alpha value is -1.85. The predicted molar refractivity (Wildman–Crippen MR) is 290 cm³/mol. The lowest BCUT2D eigenvalue weighted by Gasteiger charge is -2.40. The molecule has 404 valence electrons. The molecule has 1 amide bonds. The highest BCUT2D eigenvalue weighted by Crippen LogP contribution is 2.23. The predicted octanol–water partition coefficient (Wildman–Crippen LogP) is 14.5. The average molecular weight is 975 g/mol. The van der Waals surface area contributed by atoms with E-state index in [2.05, 4.69) is 55.6 Å². The van der Waals surface area contributed by atoms with E-state index in [1.54, 1.807) is 6.08 Å².